The molecule has 0 amide bonds. The summed E-state index contributed by atoms with van der Waals surface area (Å²) in [6, 6.07) is 9.93. The Morgan fingerprint density at radius 2 is 1.85 bits per heavy atom. The Morgan fingerprint density at radius 3 is 2.40 bits per heavy atom. The molecule has 0 aliphatic heterocycles. The minimum atomic E-state index is -3.20. The van der Waals surface area contributed by atoms with E-state index in [4.69, 9.17) is 5.41 Å². The molecule has 104 valence electrons. The van der Waals surface area contributed by atoms with Gasteiger partial charge < -0.3 is 5.32 Å². The van der Waals surface area contributed by atoms with Crippen molar-refractivity contribution < 1.29 is 8.42 Å². The highest BCUT2D eigenvalue weighted by molar-refractivity contribution is 7.90. The van der Waals surface area contributed by atoms with Gasteiger partial charge in [0, 0.05) is 18.1 Å². The van der Waals surface area contributed by atoms with E-state index in [1.165, 1.54) is 12.1 Å². The Labute approximate surface area is 118 Å². The van der Waals surface area contributed by atoms with E-state index in [2.05, 4.69) is 10.3 Å². The number of hydrogen-bond acceptors (Lipinski definition) is 4. The summed E-state index contributed by atoms with van der Waals surface area (Å²) in [5, 5.41) is 10.8. The number of anilines is 1. The Balaban J connectivity index is 2.16. The molecule has 1 aromatic heterocycles. The van der Waals surface area contributed by atoms with Crippen molar-refractivity contribution in [3.8, 4) is 0 Å². The molecule has 0 saturated carbocycles. The van der Waals surface area contributed by atoms with Crippen molar-refractivity contribution >= 4 is 21.4 Å². The SMILES string of the molecule is Cc1ccnc(C(=N)Nc2ccc(S(C)(=O)=O)cc2)c1. The van der Waals surface area contributed by atoms with E-state index < -0.39 is 9.84 Å². The quantitative estimate of drug-likeness (QED) is 0.670. The van der Waals surface area contributed by atoms with Gasteiger partial charge in [0.2, 0.25) is 0 Å². The van der Waals surface area contributed by atoms with Crippen LogP contribution < -0.4 is 5.32 Å². The molecular formula is C14H15N3O2S. The smallest absolute Gasteiger partial charge is 0.175 e. The second-order valence-corrected chi connectivity index (χ2v) is 6.53. The summed E-state index contributed by atoms with van der Waals surface area (Å²) in [5.41, 5.74) is 2.21. The molecule has 1 heterocycles. The standard InChI is InChI=1S/C14H15N3O2S/c1-10-7-8-16-13(9-10)14(15)17-11-3-5-12(6-4-11)20(2,18)19/h3-9H,1-2H3,(H2,15,17). The number of pyridine rings is 1. The Kier molecular flexibility index (Phi) is 3.85. The number of hydrogen-bond donors (Lipinski definition) is 2. The minimum Gasteiger partial charge on any atom is -0.339 e. The maximum Gasteiger partial charge on any atom is 0.175 e. The first-order valence-electron chi connectivity index (χ1n) is 5.95. The number of nitrogens with zero attached hydrogens (tertiary/aromatic N) is 1. The van der Waals surface area contributed by atoms with Crippen molar-refractivity contribution in [2.45, 2.75) is 11.8 Å². The molecule has 2 rings (SSSR count). The average molecular weight is 289 g/mol. The maximum atomic E-state index is 11.4. The molecule has 0 bridgehead atoms. The molecule has 20 heavy (non-hydrogen) atoms. The van der Waals surface area contributed by atoms with Crippen LogP contribution in [0.4, 0.5) is 5.69 Å². The van der Waals surface area contributed by atoms with Gasteiger partial charge in [0.1, 0.15) is 11.5 Å². The zero-order valence-electron chi connectivity index (χ0n) is 11.2. The predicted octanol–water partition coefficient (Wildman–Crippen LogP) is 2.23. The molecule has 1 aromatic carbocycles. The first-order valence-corrected chi connectivity index (χ1v) is 7.84. The van der Waals surface area contributed by atoms with Crippen LogP contribution in [-0.4, -0.2) is 25.5 Å². The van der Waals surface area contributed by atoms with E-state index in [1.54, 1.807) is 24.4 Å². The van der Waals surface area contributed by atoms with Crippen molar-refractivity contribution in [3.63, 3.8) is 0 Å². The summed E-state index contributed by atoms with van der Waals surface area (Å²) in [6.07, 6.45) is 2.81. The van der Waals surface area contributed by atoms with Crippen LogP contribution >= 0.6 is 0 Å². The highest BCUT2D eigenvalue weighted by Crippen LogP contribution is 2.14. The summed E-state index contributed by atoms with van der Waals surface area (Å²) in [5.74, 6) is 0.167. The van der Waals surface area contributed by atoms with E-state index in [0.29, 0.717) is 11.4 Å². The maximum absolute atomic E-state index is 11.4. The summed E-state index contributed by atoms with van der Waals surface area (Å²) < 4.78 is 22.7. The van der Waals surface area contributed by atoms with Crippen molar-refractivity contribution in [3.05, 3.63) is 53.9 Å². The largest absolute Gasteiger partial charge is 0.339 e. The summed E-state index contributed by atoms with van der Waals surface area (Å²) in [6.45, 7) is 1.93. The van der Waals surface area contributed by atoms with Gasteiger partial charge in [-0.3, -0.25) is 10.4 Å². The summed E-state index contributed by atoms with van der Waals surface area (Å²) in [4.78, 5) is 4.36. The van der Waals surface area contributed by atoms with Crippen LogP contribution in [0.2, 0.25) is 0 Å². The van der Waals surface area contributed by atoms with Gasteiger partial charge in [-0.15, -0.1) is 0 Å². The predicted molar refractivity (Wildman–Crippen MR) is 79.0 cm³/mol. The van der Waals surface area contributed by atoms with Gasteiger partial charge in [-0.25, -0.2) is 8.42 Å². The number of nitrogens with one attached hydrogen (secondary N) is 2. The molecule has 5 nitrogen and oxygen atoms in total. The third-order valence-corrected chi connectivity index (χ3v) is 3.85. The van der Waals surface area contributed by atoms with E-state index in [0.717, 1.165) is 11.8 Å². The third kappa shape index (κ3) is 3.42. The summed E-state index contributed by atoms with van der Waals surface area (Å²) >= 11 is 0. The minimum absolute atomic E-state index is 0.167. The molecule has 0 atom stereocenters. The monoisotopic (exact) mass is 289 g/mol. The van der Waals surface area contributed by atoms with Crippen LogP contribution in [0.1, 0.15) is 11.3 Å². The van der Waals surface area contributed by atoms with E-state index in [-0.39, 0.29) is 10.7 Å². The van der Waals surface area contributed by atoms with Crippen LogP contribution in [0, 0.1) is 12.3 Å². The van der Waals surface area contributed by atoms with Gasteiger partial charge in [-0.05, 0) is 48.9 Å². The first-order chi connectivity index (χ1) is 9.36. The Hall–Kier alpha value is -2.21. The topological polar surface area (TPSA) is 82.9 Å². The second kappa shape index (κ2) is 5.42. The van der Waals surface area contributed by atoms with E-state index in [9.17, 15) is 8.42 Å². The summed E-state index contributed by atoms with van der Waals surface area (Å²) in [7, 11) is -3.20. The average Bonchev–Trinajstić information content (AvgIpc) is 2.38. The number of aromatic nitrogens is 1. The van der Waals surface area contributed by atoms with Gasteiger partial charge in [0.15, 0.2) is 9.84 Å². The Bertz CT molecular complexity index is 737. The second-order valence-electron chi connectivity index (χ2n) is 4.51. The molecule has 0 unspecified atom stereocenters. The van der Waals surface area contributed by atoms with Crippen LogP contribution in [0.15, 0.2) is 47.5 Å². The van der Waals surface area contributed by atoms with Crippen molar-refractivity contribution in [2.75, 3.05) is 11.6 Å². The molecule has 0 aliphatic rings. The van der Waals surface area contributed by atoms with Crippen molar-refractivity contribution in [1.29, 1.82) is 5.41 Å². The molecule has 0 saturated heterocycles. The van der Waals surface area contributed by atoms with Gasteiger partial charge in [-0.1, -0.05) is 0 Å². The first kappa shape index (κ1) is 14.2. The van der Waals surface area contributed by atoms with Crippen molar-refractivity contribution in [2.24, 2.45) is 0 Å². The lowest BCUT2D eigenvalue weighted by Crippen LogP contribution is -2.13. The van der Waals surface area contributed by atoms with Crippen LogP contribution in [0.3, 0.4) is 0 Å². The molecular weight excluding hydrogens is 274 g/mol. The molecule has 0 spiro atoms. The van der Waals surface area contributed by atoms with E-state index >= 15 is 0 Å². The molecule has 2 N–H and O–H groups in total. The number of sulfone groups is 1. The lowest BCUT2D eigenvalue weighted by Gasteiger charge is -2.08. The highest BCUT2D eigenvalue weighted by Gasteiger charge is 2.07. The molecule has 2 aromatic rings. The lowest BCUT2D eigenvalue weighted by molar-refractivity contribution is 0.602. The Morgan fingerprint density at radius 1 is 1.20 bits per heavy atom. The zero-order valence-corrected chi connectivity index (χ0v) is 12.0. The lowest BCUT2D eigenvalue weighted by atomic mass is 10.2. The number of rotatable bonds is 3. The van der Waals surface area contributed by atoms with Gasteiger partial charge in [-0.2, -0.15) is 0 Å². The van der Waals surface area contributed by atoms with Gasteiger partial charge in [0.05, 0.1) is 4.90 Å². The number of benzene rings is 1. The van der Waals surface area contributed by atoms with Gasteiger partial charge >= 0.3 is 0 Å². The zero-order chi connectivity index (χ0) is 14.8. The molecule has 0 radical (unpaired) electrons. The van der Waals surface area contributed by atoms with E-state index in [1.807, 2.05) is 13.0 Å². The van der Waals surface area contributed by atoms with Crippen LogP contribution in [0.25, 0.3) is 0 Å². The highest BCUT2D eigenvalue weighted by atomic mass is 32.2. The fourth-order valence-electron chi connectivity index (χ4n) is 1.67. The normalized spacial score (nSPS) is 11.1. The van der Waals surface area contributed by atoms with Crippen LogP contribution in [-0.2, 0) is 9.84 Å². The number of aryl methyl sites for hydroxylation is 1. The van der Waals surface area contributed by atoms with Gasteiger partial charge in [0.25, 0.3) is 0 Å². The molecule has 0 aliphatic carbocycles. The molecule has 6 heteroatoms. The third-order valence-electron chi connectivity index (χ3n) is 2.72. The van der Waals surface area contributed by atoms with Crippen molar-refractivity contribution in [1.82, 2.24) is 4.98 Å². The number of amidine groups is 1. The fourth-order valence-corrected chi connectivity index (χ4v) is 2.30. The molecule has 0 fully saturated rings. The fraction of sp³-hybridized carbons (Fsp3) is 0.143. The van der Waals surface area contributed by atoms with Crippen LogP contribution in [0.5, 0.6) is 0 Å².